The van der Waals surface area contributed by atoms with Crippen LogP contribution in [0.25, 0.3) is 0 Å². The number of carbonyl (C=O) groups excluding carboxylic acids is 1. The van der Waals surface area contributed by atoms with Crippen LogP contribution < -0.4 is 16.6 Å². The van der Waals surface area contributed by atoms with Gasteiger partial charge in [0.2, 0.25) is 5.91 Å². The average Bonchev–Trinajstić information content (AvgIpc) is 2.40. The summed E-state index contributed by atoms with van der Waals surface area (Å²) in [6.45, 7) is 9.78. The van der Waals surface area contributed by atoms with Crippen LogP contribution in [0, 0.1) is 6.92 Å². The zero-order chi connectivity index (χ0) is 17.6. The fourth-order valence-corrected chi connectivity index (χ4v) is 2.44. The van der Waals surface area contributed by atoms with E-state index >= 15 is 0 Å². The second-order valence-electron chi connectivity index (χ2n) is 7.00. The van der Waals surface area contributed by atoms with E-state index in [2.05, 4.69) is 12.2 Å². The average molecular weight is 323 g/mol. The SMILES string of the molecule is CCCCCCn1c(C)cc(=O)n(CC(=O)NC(C)(C)C)c1=O. The van der Waals surface area contributed by atoms with Crippen molar-refractivity contribution in [2.24, 2.45) is 0 Å². The zero-order valence-corrected chi connectivity index (χ0v) is 14.9. The summed E-state index contributed by atoms with van der Waals surface area (Å²) in [5.41, 5.74) is -0.592. The third-order valence-electron chi connectivity index (χ3n) is 3.54. The number of nitrogens with zero attached hydrogens (tertiary/aromatic N) is 2. The number of aromatic nitrogens is 2. The van der Waals surface area contributed by atoms with Gasteiger partial charge in [-0.3, -0.25) is 18.7 Å². The number of hydrogen-bond donors (Lipinski definition) is 1. The molecule has 0 bridgehead atoms. The third kappa shape index (κ3) is 6.04. The molecule has 0 spiro atoms. The van der Waals surface area contributed by atoms with Gasteiger partial charge < -0.3 is 5.32 Å². The lowest BCUT2D eigenvalue weighted by atomic mass is 10.1. The Morgan fingerprint density at radius 3 is 2.35 bits per heavy atom. The molecule has 0 radical (unpaired) electrons. The Bertz CT molecular complexity index is 651. The first-order chi connectivity index (χ1) is 10.7. The second kappa shape index (κ2) is 8.13. The summed E-state index contributed by atoms with van der Waals surface area (Å²) < 4.78 is 2.59. The molecule has 1 amide bonds. The van der Waals surface area contributed by atoms with Gasteiger partial charge >= 0.3 is 5.69 Å². The molecule has 1 N–H and O–H groups in total. The van der Waals surface area contributed by atoms with Crippen LogP contribution in [0.15, 0.2) is 15.7 Å². The standard InChI is InChI=1S/C17H29N3O3/c1-6-7-8-9-10-19-13(2)11-15(22)20(16(19)23)12-14(21)18-17(3,4)5/h11H,6-10,12H2,1-5H3,(H,18,21). The summed E-state index contributed by atoms with van der Waals surface area (Å²) in [4.78, 5) is 36.6. The number of unbranched alkanes of at least 4 members (excludes halogenated alkanes) is 3. The van der Waals surface area contributed by atoms with Gasteiger partial charge in [-0.1, -0.05) is 26.2 Å². The number of rotatable bonds is 7. The highest BCUT2D eigenvalue weighted by Crippen LogP contribution is 2.02. The number of hydrogen-bond acceptors (Lipinski definition) is 3. The maximum atomic E-state index is 12.5. The van der Waals surface area contributed by atoms with E-state index in [9.17, 15) is 14.4 Å². The molecule has 0 unspecified atom stereocenters. The van der Waals surface area contributed by atoms with Crippen LogP contribution >= 0.6 is 0 Å². The Labute approximate surface area is 137 Å². The maximum absolute atomic E-state index is 12.5. The van der Waals surface area contributed by atoms with Crippen LogP contribution in [-0.4, -0.2) is 20.6 Å². The molecule has 1 aromatic heterocycles. The first-order valence-corrected chi connectivity index (χ1v) is 8.28. The molecule has 6 heteroatoms. The smallest absolute Gasteiger partial charge is 0.331 e. The molecule has 0 saturated carbocycles. The van der Waals surface area contributed by atoms with Gasteiger partial charge in [-0.15, -0.1) is 0 Å². The Morgan fingerprint density at radius 2 is 1.78 bits per heavy atom. The van der Waals surface area contributed by atoms with Crippen LogP contribution in [0.5, 0.6) is 0 Å². The molecule has 1 rings (SSSR count). The molecule has 0 aliphatic heterocycles. The molecule has 0 saturated heterocycles. The van der Waals surface area contributed by atoms with Gasteiger partial charge in [0.05, 0.1) is 0 Å². The van der Waals surface area contributed by atoms with Crippen LogP contribution in [0.1, 0.15) is 59.1 Å². The minimum atomic E-state index is -0.429. The zero-order valence-electron chi connectivity index (χ0n) is 14.9. The van der Waals surface area contributed by atoms with E-state index in [-0.39, 0.29) is 12.5 Å². The molecule has 1 heterocycles. The van der Waals surface area contributed by atoms with Crippen molar-refractivity contribution in [2.45, 2.75) is 78.9 Å². The van der Waals surface area contributed by atoms with Crippen LogP contribution in [0.2, 0.25) is 0 Å². The molecule has 0 aliphatic carbocycles. The van der Waals surface area contributed by atoms with Crippen molar-refractivity contribution < 1.29 is 4.79 Å². The van der Waals surface area contributed by atoms with E-state index in [0.29, 0.717) is 12.2 Å². The van der Waals surface area contributed by atoms with E-state index in [1.807, 2.05) is 20.8 Å². The molecular weight excluding hydrogens is 294 g/mol. The number of nitrogens with one attached hydrogen (secondary N) is 1. The van der Waals surface area contributed by atoms with Gasteiger partial charge in [0.25, 0.3) is 5.56 Å². The normalized spacial score (nSPS) is 11.5. The molecule has 0 aliphatic rings. The van der Waals surface area contributed by atoms with E-state index in [4.69, 9.17) is 0 Å². The predicted octanol–water partition coefficient (Wildman–Crippen LogP) is 1.81. The highest BCUT2D eigenvalue weighted by Gasteiger charge is 2.16. The lowest BCUT2D eigenvalue weighted by Gasteiger charge is -2.21. The van der Waals surface area contributed by atoms with Gasteiger partial charge in [0.1, 0.15) is 6.54 Å². The highest BCUT2D eigenvalue weighted by atomic mass is 16.2. The Balaban J connectivity index is 2.98. The van der Waals surface area contributed by atoms with Gasteiger partial charge in [0, 0.05) is 23.8 Å². The molecular formula is C17H29N3O3. The van der Waals surface area contributed by atoms with E-state index in [1.54, 1.807) is 11.5 Å². The summed E-state index contributed by atoms with van der Waals surface area (Å²) in [5, 5.41) is 2.77. The lowest BCUT2D eigenvalue weighted by molar-refractivity contribution is -0.123. The monoisotopic (exact) mass is 323 g/mol. The van der Waals surface area contributed by atoms with Crippen LogP contribution in [0.4, 0.5) is 0 Å². The topological polar surface area (TPSA) is 73.1 Å². The largest absolute Gasteiger partial charge is 0.350 e. The molecule has 0 fully saturated rings. The fourth-order valence-electron chi connectivity index (χ4n) is 2.44. The van der Waals surface area contributed by atoms with Crippen molar-refractivity contribution in [1.29, 1.82) is 0 Å². The summed E-state index contributed by atoms with van der Waals surface area (Å²) >= 11 is 0. The van der Waals surface area contributed by atoms with Crippen molar-refractivity contribution in [3.8, 4) is 0 Å². The van der Waals surface area contributed by atoms with Crippen LogP contribution in [0.3, 0.4) is 0 Å². The van der Waals surface area contributed by atoms with Crippen molar-refractivity contribution in [1.82, 2.24) is 14.5 Å². The van der Waals surface area contributed by atoms with E-state index in [1.165, 1.54) is 6.07 Å². The highest BCUT2D eigenvalue weighted by molar-refractivity contribution is 5.76. The first-order valence-electron chi connectivity index (χ1n) is 8.28. The van der Waals surface area contributed by atoms with Crippen molar-refractivity contribution in [3.63, 3.8) is 0 Å². The Morgan fingerprint density at radius 1 is 1.13 bits per heavy atom. The molecule has 0 aromatic carbocycles. The quantitative estimate of drug-likeness (QED) is 0.778. The van der Waals surface area contributed by atoms with Gasteiger partial charge in [-0.05, 0) is 34.1 Å². The van der Waals surface area contributed by atoms with Gasteiger partial charge in [0.15, 0.2) is 0 Å². The Hall–Kier alpha value is -1.85. The third-order valence-corrected chi connectivity index (χ3v) is 3.54. The van der Waals surface area contributed by atoms with Crippen molar-refractivity contribution >= 4 is 5.91 Å². The van der Waals surface area contributed by atoms with Gasteiger partial charge in [-0.2, -0.15) is 0 Å². The maximum Gasteiger partial charge on any atom is 0.331 e. The molecule has 130 valence electrons. The van der Waals surface area contributed by atoms with Crippen LogP contribution in [-0.2, 0) is 17.9 Å². The second-order valence-corrected chi connectivity index (χ2v) is 7.00. The summed E-state index contributed by atoms with van der Waals surface area (Å²) in [5.74, 6) is -0.335. The number of amides is 1. The number of aryl methyl sites for hydroxylation is 1. The lowest BCUT2D eigenvalue weighted by Crippen LogP contribution is -2.47. The molecule has 23 heavy (non-hydrogen) atoms. The van der Waals surface area contributed by atoms with Crippen molar-refractivity contribution in [3.05, 3.63) is 32.6 Å². The summed E-state index contributed by atoms with van der Waals surface area (Å²) in [6, 6.07) is 1.42. The predicted molar refractivity (Wildman–Crippen MR) is 91.7 cm³/mol. The molecule has 1 aromatic rings. The molecule has 6 nitrogen and oxygen atoms in total. The summed E-state index contributed by atoms with van der Waals surface area (Å²) in [7, 11) is 0. The fraction of sp³-hybridized carbons (Fsp3) is 0.706. The first kappa shape index (κ1) is 19.2. The Kier molecular flexibility index (Phi) is 6.79. The minimum absolute atomic E-state index is 0.246. The molecule has 0 atom stereocenters. The number of carbonyl (C=O) groups is 1. The minimum Gasteiger partial charge on any atom is -0.350 e. The van der Waals surface area contributed by atoms with E-state index < -0.39 is 16.8 Å². The van der Waals surface area contributed by atoms with E-state index in [0.717, 1.165) is 30.3 Å². The van der Waals surface area contributed by atoms with Crippen molar-refractivity contribution in [2.75, 3.05) is 0 Å². The summed E-state index contributed by atoms with van der Waals surface area (Å²) in [6.07, 6.45) is 4.19. The van der Waals surface area contributed by atoms with Gasteiger partial charge in [-0.25, -0.2) is 4.79 Å².